The van der Waals surface area contributed by atoms with E-state index in [2.05, 4.69) is 16.8 Å². The van der Waals surface area contributed by atoms with Gasteiger partial charge >= 0.3 is 0 Å². The normalized spacial score (nSPS) is 8.83. The Balaban J connectivity index is 3.05. The SMILES string of the molecule is Cc1cc(C#CCCl)c[nH]c1=O. The van der Waals surface area contributed by atoms with Gasteiger partial charge < -0.3 is 4.98 Å². The van der Waals surface area contributed by atoms with Gasteiger partial charge in [-0.1, -0.05) is 11.8 Å². The van der Waals surface area contributed by atoms with Gasteiger partial charge in [0.2, 0.25) is 0 Å². The van der Waals surface area contributed by atoms with Crippen LogP contribution in [-0.2, 0) is 0 Å². The van der Waals surface area contributed by atoms with Crippen molar-refractivity contribution in [1.82, 2.24) is 4.98 Å². The van der Waals surface area contributed by atoms with Crippen molar-refractivity contribution < 1.29 is 0 Å². The van der Waals surface area contributed by atoms with Crippen LogP contribution in [0.15, 0.2) is 17.1 Å². The van der Waals surface area contributed by atoms with E-state index in [4.69, 9.17) is 11.6 Å². The second-order valence-electron chi connectivity index (χ2n) is 2.34. The average molecular weight is 182 g/mol. The summed E-state index contributed by atoms with van der Waals surface area (Å²) in [5.41, 5.74) is 1.37. The fraction of sp³-hybridized carbons (Fsp3) is 0.222. The van der Waals surface area contributed by atoms with E-state index in [9.17, 15) is 4.79 Å². The average Bonchev–Trinajstić information content (AvgIpc) is 2.07. The molecule has 0 bridgehead atoms. The summed E-state index contributed by atoms with van der Waals surface area (Å²) in [5.74, 6) is 5.82. The van der Waals surface area contributed by atoms with Crippen LogP contribution in [0.3, 0.4) is 0 Å². The number of aryl methyl sites for hydroxylation is 1. The first-order valence-electron chi connectivity index (χ1n) is 3.48. The summed E-state index contributed by atoms with van der Waals surface area (Å²) in [4.78, 5) is 13.5. The summed E-state index contributed by atoms with van der Waals surface area (Å²) in [6.45, 7) is 1.74. The molecule has 1 aromatic heterocycles. The van der Waals surface area contributed by atoms with Gasteiger partial charge in [-0.05, 0) is 13.0 Å². The number of hydrogen-bond acceptors (Lipinski definition) is 1. The Kier molecular flexibility index (Phi) is 2.95. The zero-order valence-corrected chi connectivity index (χ0v) is 7.40. The Hall–Kier alpha value is -1.20. The van der Waals surface area contributed by atoms with Crippen molar-refractivity contribution in [3.63, 3.8) is 0 Å². The van der Waals surface area contributed by atoms with Crippen LogP contribution in [0.2, 0.25) is 0 Å². The molecule has 0 fully saturated rings. The number of aromatic amines is 1. The Labute approximate surface area is 75.6 Å². The van der Waals surface area contributed by atoms with Gasteiger partial charge in [0.1, 0.15) is 0 Å². The Morgan fingerprint density at radius 1 is 1.67 bits per heavy atom. The highest BCUT2D eigenvalue weighted by atomic mass is 35.5. The van der Waals surface area contributed by atoms with Crippen LogP contribution in [0.25, 0.3) is 0 Å². The summed E-state index contributed by atoms with van der Waals surface area (Å²) in [6, 6.07) is 1.73. The zero-order chi connectivity index (χ0) is 8.97. The maximum Gasteiger partial charge on any atom is 0.250 e. The summed E-state index contributed by atoms with van der Waals surface area (Å²) in [6.07, 6.45) is 1.58. The van der Waals surface area contributed by atoms with Crippen molar-refractivity contribution in [2.24, 2.45) is 0 Å². The number of alkyl halides is 1. The van der Waals surface area contributed by atoms with Gasteiger partial charge in [0.05, 0.1) is 5.88 Å². The number of H-pyrrole nitrogens is 1. The molecule has 0 spiro atoms. The third-order valence-electron chi connectivity index (χ3n) is 1.39. The molecule has 0 saturated heterocycles. The van der Waals surface area contributed by atoms with E-state index in [0.717, 1.165) is 5.56 Å². The van der Waals surface area contributed by atoms with Gasteiger partial charge in [-0.2, -0.15) is 0 Å². The molecule has 3 heteroatoms. The predicted molar refractivity (Wildman–Crippen MR) is 49.4 cm³/mol. The van der Waals surface area contributed by atoms with Gasteiger partial charge in [0.15, 0.2) is 0 Å². The summed E-state index contributed by atoms with van der Waals surface area (Å²) in [5, 5.41) is 0. The van der Waals surface area contributed by atoms with Gasteiger partial charge in [0, 0.05) is 17.3 Å². The molecule has 0 aromatic carbocycles. The van der Waals surface area contributed by atoms with E-state index < -0.39 is 0 Å². The fourth-order valence-corrected chi connectivity index (χ4v) is 0.872. The van der Waals surface area contributed by atoms with E-state index in [1.165, 1.54) is 0 Å². The largest absolute Gasteiger partial charge is 0.328 e. The number of pyridine rings is 1. The highest BCUT2D eigenvalue weighted by molar-refractivity contribution is 6.19. The Bertz CT molecular complexity index is 383. The molecular weight excluding hydrogens is 174 g/mol. The molecule has 62 valence electrons. The number of hydrogen-bond donors (Lipinski definition) is 1. The molecule has 1 rings (SSSR count). The molecule has 12 heavy (non-hydrogen) atoms. The van der Waals surface area contributed by atoms with Gasteiger partial charge in [-0.3, -0.25) is 4.79 Å². The maximum atomic E-state index is 10.9. The first-order valence-corrected chi connectivity index (χ1v) is 4.01. The van der Waals surface area contributed by atoms with Crippen molar-refractivity contribution in [2.45, 2.75) is 6.92 Å². The maximum absolute atomic E-state index is 10.9. The molecular formula is C9H8ClNO. The van der Waals surface area contributed by atoms with Crippen molar-refractivity contribution in [3.8, 4) is 11.8 Å². The lowest BCUT2D eigenvalue weighted by molar-refractivity contribution is 1.17. The number of rotatable bonds is 0. The molecule has 1 heterocycles. The highest BCUT2D eigenvalue weighted by Crippen LogP contribution is 1.94. The van der Waals surface area contributed by atoms with Crippen LogP contribution >= 0.6 is 11.6 Å². The minimum Gasteiger partial charge on any atom is -0.328 e. The molecule has 0 saturated carbocycles. The van der Waals surface area contributed by atoms with Crippen LogP contribution in [0, 0.1) is 18.8 Å². The van der Waals surface area contributed by atoms with Crippen molar-refractivity contribution in [1.29, 1.82) is 0 Å². The van der Waals surface area contributed by atoms with Crippen molar-refractivity contribution in [2.75, 3.05) is 5.88 Å². The van der Waals surface area contributed by atoms with Crippen LogP contribution < -0.4 is 5.56 Å². The molecule has 0 unspecified atom stereocenters. The molecule has 0 aliphatic heterocycles. The minimum atomic E-state index is -0.0774. The third-order valence-corrected chi connectivity index (χ3v) is 1.52. The van der Waals surface area contributed by atoms with Crippen molar-refractivity contribution >= 4 is 11.6 Å². The van der Waals surface area contributed by atoms with Crippen LogP contribution in [0.4, 0.5) is 0 Å². The second kappa shape index (κ2) is 3.99. The van der Waals surface area contributed by atoms with E-state index >= 15 is 0 Å². The van der Waals surface area contributed by atoms with E-state index in [0.29, 0.717) is 11.4 Å². The number of nitrogens with one attached hydrogen (secondary N) is 1. The lowest BCUT2D eigenvalue weighted by Crippen LogP contribution is -2.08. The molecule has 0 radical (unpaired) electrons. The van der Waals surface area contributed by atoms with Gasteiger partial charge in [-0.25, -0.2) is 0 Å². The summed E-state index contributed by atoms with van der Waals surface area (Å²) < 4.78 is 0. The topological polar surface area (TPSA) is 32.9 Å². The Morgan fingerprint density at radius 3 is 3.00 bits per heavy atom. The standard InChI is InChI=1S/C9H8ClNO/c1-7-5-8(3-2-4-10)6-11-9(7)12/h5-6H,4H2,1H3,(H,11,12). The van der Waals surface area contributed by atoms with Gasteiger partial charge in [-0.15, -0.1) is 11.6 Å². The lowest BCUT2D eigenvalue weighted by Gasteiger charge is -1.91. The quantitative estimate of drug-likeness (QED) is 0.475. The van der Waals surface area contributed by atoms with Crippen LogP contribution in [0.5, 0.6) is 0 Å². The highest BCUT2D eigenvalue weighted by Gasteiger charge is 1.92. The second-order valence-corrected chi connectivity index (χ2v) is 2.60. The zero-order valence-electron chi connectivity index (χ0n) is 6.65. The number of aromatic nitrogens is 1. The van der Waals surface area contributed by atoms with Gasteiger partial charge in [0.25, 0.3) is 5.56 Å². The van der Waals surface area contributed by atoms with Crippen LogP contribution in [0.1, 0.15) is 11.1 Å². The molecule has 0 aliphatic rings. The lowest BCUT2D eigenvalue weighted by atomic mass is 10.2. The van der Waals surface area contributed by atoms with E-state index in [-0.39, 0.29) is 5.56 Å². The predicted octanol–water partition coefficient (Wildman–Crippen LogP) is 1.27. The molecule has 2 nitrogen and oxygen atoms in total. The van der Waals surface area contributed by atoms with E-state index in [1.807, 2.05) is 0 Å². The van der Waals surface area contributed by atoms with E-state index in [1.54, 1.807) is 19.2 Å². The fourth-order valence-electron chi connectivity index (χ4n) is 0.805. The molecule has 1 N–H and O–H groups in total. The van der Waals surface area contributed by atoms with Crippen molar-refractivity contribution in [3.05, 3.63) is 33.7 Å². The summed E-state index contributed by atoms with van der Waals surface area (Å²) >= 11 is 5.38. The smallest absolute Gasteiger partial charge is 0.250 e. The number of halogens is 1. The monoisotopic (exact) mass is 181 g/mol. The first kappa shape index (κ1) is 8.89. The molecule has 0 amide bonds. The summed E-state index contributed by atoms with van der Waals surface area (Å²) in [7, 11) is 0. The molecule has 0 aliphatic carbocycles. The molecule has 0 atom stereocenters. The van der Waals surface area contributed by atoms with Crippen LogP contribution in [-0.4, -0.2) is 10.9 Å². The first-order chi connectivity index (χ1) is 5.74. The third kappa shape index (κ3) is 2.14. The Morgan fingerprint density at radius 2 is 2.42 bits per heavy atom. The minimum absolute atomic E-state index is 0.0774. The molecule has 1 aromatic rings.